The first-order chi connectivity index (χ1) is 13.9. The Morgan fingerprint density at radius 1 is 1.24 bits per heavy atom. The van der Waals surface area contributed by atoms with Crippen molar-refractivity contribution in [3.05, 3.63) is 74.8 Å². The molecule has 0 spiro atoms. The Hall–Kier alpha value is -3.17. The van der Waals surface area contributed by atoms with Gasteiger partial charge in [0.15, 0.2) is 6.79 Å². The van der Waals surface area contributed by atoms with Crippen LogP contribution in [0.15, 0.2) is 41.2 Å². The van der Waals surface area contributed by atoms with E-state index in [-0.39, 0.29) is 31.2 Å². The van der Waals surface area contributed by atoms with Gasteiger partial charge in [0.25, 0.3) is 5.56 Å². The van der Waals surface area contributed by atoms with E-state index in [1.54, 1.807) is 0 Å². The van der Waals surface area contributed by atoms with Crippen LogP contribution in [0, 0.1) is 17.1 Å². The Kier molecular flexibility index (Phi) is 4.85. The molecule has 0 aliphatic carbocycles. The van der Waals surface area contributed by atoms with Crippen LogP contribution >= 0.6 is 0 Å². The largest absolute Gasteiger partial charge is 0.467 e. The number of hydrogen-bond acceptors (Lipinski definition) is 4. The van der Waals surface area contributed by atoms with Gasteiger partial charge in [-0.15, -0.1) is 0 Å². The first kappa shape index (κ1) is 19.2. The minimum atomic E-state index is -0.933. The van der Waals surface area contributed by atoms with Crippen molar-refractivity contribution in [3.63, 3.8) is 0 Å². The predicted octanol–water partition coefficient (Wildman–Crippen LogP) is 4.12. The molecule has 29 heavy (non-hydrogen) atoms. The van der Waals surface area contributed by atoms with Crippen LogP contribution in [0.25, 0.3) is 10.9 Å². The molecule has 0 saturated carbocycles. The molecule has 148 valence electrons. The topological polar surface area (TPSA) is 75.1 Å². The number of pyridine rings is 1. The van der Waals surface area contributed by atoms with Crippen molar-refractivity contribution in [2.75, 3.05) is 6.79 Å². The van der Waals surface area contributed by atoms with Gasteiger partial charge in [-0.3, -0.25) is 4.79 Å². The summed E-state index contributed by atoms with van der Waals surface area (Å²) < 4.78 is 25.0. The maximum atomic E-state index is 14.1. The number of hydrogen-bond donors (Lipinski definition) is 1. The van der Waals surface area contributed by atoms with E-state index in [4.69, 9.17) is 9.47 Å². The van der Waals surface area contributed by atoms with Gasteiger partial charge >= 0.3 is 0 Å². The molecule has 1 N–H and O–H groups in total. The van der Waals surface area contributed by atoms with Crippen molar-refractivity contribution in [2.24, 2.45) is 0 Å². The number of aryl methyl sites for hydroxylation is 1. The van der Waals surface area contributed by atoms with E-state index in [2.05, 4.69) is 11.1 Å². The van der Waals surface area contributed by atoms with Crippen LogP contribution in [0.4, 0.5) is 4.39 Å². The Balaban J connectivity index is 1.78. The number of benzene rings is 2. The molecular weight excluding hydrogens is 371 g/mol. The second-order valence-electron chi connectivity index (χ2n) is 7.56. The quantitative estimate of drug-likeness (QED) is 0.725. The SMILES string of the molecule is CCc1cc2ccc(C(C)(C#N)Cc3cc(F)cc4c3OCOC4)cc2[nH]c1=O. The zero-order valence-corrected chi connectivity index (χ0v) is 16.3. The normalized spacial score (nSPS) is 15.2. The summed E-state index contributed by atoms with van der Waals surface area (Å²) in [6.07, 6.45) is 0.920. The molecule has 0 fully saturated rings. The molecule has 1 unspecified atom stereocenters. The van der Waals surface area contributed by atoms with E-state index in [1.807, 2.05) is 38.1 Å². The highest BCUT2D eigenvalue weighted by Gasteiger charge is 2.30. The third kappa shape index (κ3) is 3.50. The molecule has 5 nitrogen and oxygen atoms in total. The van der Waals surface area contributed by atoms with Crippen molar-refractivity contribution < 1.29 is 13.9 Å². The van der Waals surface area contributed by atoms with Crippen LogP contribution in [-0.2, 0) is 29.6 Å². The first-order valence-electron chi connectivity index (χ1n) is 9.53. The molecule has 0 saturated heterocycles. The Morgan fingerprint density at radius 3 is 2.83 bits per heavy atom. The van der Waals surface area contributed by atoms with Crippen LogP contribution in [-0.4, -0.2) is 11.8 Å². The van der Waals surface area contributed by atoms with Gasteiger partial charge in [-0.2, -0.15) is 5.26 Å². The van der Waals surface area contributed by atoms with Crippen LogP contribution in [0.5, 0.6) is 5.75 Å². The van der Waals surface area contributed by atoms with Gasteiger partial charge in [0.05, 0.1) is 18.1 Å². The molecule has 1 aromatic heterocycles. The number of fused-ring (bicyclic) bond motifs is 2. The summed E-state index contributed by atoms with van der Waals surface area (Å²) in [6.45, 7) is 4.12. The van der Waals surface area contributed by atoms with E-state index in [1.165, 1.54) is 12.1 Å². The highest BCUT2D eigenvalue weighted by atomic mass is 19.1. The molecule has 2 heterocycles. The van der Waals surface area contributed by atoms with E-state index in [9.17, 15) is 14.4 Å². The average molecular weight is 392 g/mol. The van der Waals surface area contributed by atoms with Crippen LogP contribution in [0.2, 0.25) is 0 Å². The zero-order chi connectivity index (χ0) is 20.6. The fourth-order valence-corrected chi connectivity index (χ4v) is 3.83. The maximum Gasteiger partial charge on any atom is 0.251 e. The second-order valence-corrected chi connectivity index (χ2v) is 7.56. The number of nitriles is 1. The number of nitrogens with zero attached hydrogens (tertiary/aromatic N) is 1. The molecule has 2 aromatic carbocycles. The molecule has 1 aliphatic rings. The molecular formula is C23H21FN2O3. The number of aromatic nitrogens is 1. The molecule has 0 amide bonds. The number of aromatic amines is 1. The van der Waals surface area contributed by atoms with E-state index >= 15 is 0 Å². The minimum absolute atomic E-state index is 0.103. The highest BCUT2D eigenvalue weighted by Crippen LogP contribution is 2.36. The van der Waals surface area contributed by atoms with Crippen LogP contribution < -0.4 is 10.3 Å². The summed E-state index contributed by atoms with van der Waals surface area (Å²) in [5, 5.41) is 10.9. The van der Waals surface area contributed by atoms with Crippen LogP contribution in [0.1, 0.15) is 36.1 Å². The van der Waals surface area contributed by atoms with E-state index in [0.29, 0.717) is 28.8 Å². The molecule has 4 rings (SSSR count). The lowest BCUT2D eigenvalue weighted by atomic mass is 9.78. The lowest BCUT2D eigenvalue weighted by Gasteiger charge is -2.26. The summed E-state index contributed by atoms with van der Waals surface area (Å²) >= 11 is 0. The van der Waals surface area contributed by atoms with E-state index in [0.717, 1.165) is 16.5 Å². The van der Waals surface area contributed by atoms with Crippen molar-refractivity contribution in [1.82, 2.24) is 4.98 Å². The number of halogens is 1. The number of H-pyrrole nitrogens is 1. The van der Waals surface area contributed by atoms with Gasteiger partial charge < -0.3 is 14.5 Å². The molecule has 3 aromatic rings. The lowest BCUT2D eigenvalue weighted by Crippen LogP contribution is -2.24. The third-order valence-electron chi connectivity index (χ3n) is 5.48. The standard InChI is InChI=1S/C23H21FN2O3/c1-3-14-6-15-4-5-18(9-20(15)26-22(14)27)23(2,12-25)10-16-7-19(24)8-17-11-28-13-29-21(16)17/h4-9H,3,10-11,13H2,1-2H3,(H,26,27). The third-order valence-corrected chi connectivity index (χ3v) is 5.48. The van der Waals surface area contributed by atoms with Crippen molar-refractivity contribution >= 4 is 10.9 Å². The molecule has 1 atom stereocenters. The first-order valence-corrected chi connectivity index (χ1v) is 9.53. The number of nitrogens with one attached hydrogen (secondary N) is 1. The summed E-state index contributed by atoms with van der Waals surface area (Å²) in [5.74, 6) is 0.198. The van der Waals surface area contributed by atoms with Crippen molar-refractivity contribution in [3.8, 4) is 11.8 Å². The smallest absolute Gasteiger partial charge is 0.251 e. The maximum absolute atomic E-state index is 14.1. The summed E-state index contributed by atoms with van der Waals surface area (Å²) in [4.78, 5) is 15.1. The minimum Gasteiger partial charge on any atom is -0.467 e. The molecule has 1 aliphatic heterocycles. The Bertz CT molecular complexity index is 1200. The van der Waals surface area contributed by atoms with Gasteiger partial charge in [0.1, 0.15) is 11.6 Å². The lowest BCUT2D eigenvalue weighted by molar-refractivity contribution is -0.0173. The van der Waals surface area contributed by atoms with Gasteiger partial charge in [0.2, 0.25) is 0 Å². The number of ether oxygens (including phenoxy) is 2. The monoisotopic (exact) mass is 392 g/mol. The number of rotatable bonds is 4. The van der Waals surface area contributed by atoms with Crippen LogP contribution in [0.3, 0.4) is 0 Å². The second kappa shape index (κ2) is 7.34. The Morgan fingerprint density at radius 2 is 2.07 bits per heavy atom. The summed E-state index contributed by atoms with van der Waals surface area (Å²) in [5.41, 5.74) is 2.36. The molecule has 0 radical (unpaired) electrons. The van der Waals surface area contributed by atoms with Crippen molar-refractivity contribution in [2.45, 2.75) is 38.7 Å². The van der Waals surface area contributed by atoms with Crippen molar-refractivity contribution in [1.29, 1.82) is 5.26 Å². The molecule has 0 bridgehead atoms. The van der Waals surface area contributed by atoms with Gasteiger partial charge in [-0.05, 0) is 60.5 Å². The molecule has 6 heteroatoms. The van der Waals surface area contributed by atoms with E-state index < -0.39 is 5.41 Å². The van der Waals surface area contributed by atoms with Gasteiger partial charge in [-0.25, -0.2) is 4.39 Å². The summed E-state index contributed by atoms with van der Waals surface area (Å²) in [7, 11) is 0. The Labute approximate surface area is 167 Å². The van der Waals surface area contributed by atoms with Gasteiger partial charge in [-0.1, -0.05) is 19.1 Å². The zero-order valence-electron chi connectivity index (χ0n) is 16.3. The van der Waals surface area contributed by atoms with Gasteiger partial charge in [0, 0.05) is 16.6 Å². The summed E-state index contributed by atoms with van der Waals surface area (Å²) in [6, 6.07) is 12.7. The fourth-order valence-electron chi connectivity index (χ4n) is 3.83. The predicted molar refractivity (Wildman–Crippen MR) is 107 cm³/mol. The average Bonchev–Trinajstić information content (AvgIpc) is 2.72. The highest BCUT2D eigenvalue weighted by molar-refractivity contribution is 5.80. The fraction of sp³-hybridized carbons (Fsp3) is 0.304.